The van der Waals surface area contributed by atoms with Crippen molar-refractivity contribution in [3.8, 4) is 17.0 Å². The second-order valence-electron chi connectivity index (χ2n) is 8.64. The number of aromatic hydroxyl groups is 1. The molecule has 1 aliphatic carbocycles. The van der Waals surface area contributed by atoms with Gasteiger partial charge in [0.15, 0.2) is 0 Å². The molecule has 3 aromatic rings. The highest BCUT2D eigenvalue weighted by Crippen LogP contribution is 2.42. The first kappa shape index (κ1) is 20.5. The molecule has 1 fully saturated rings. The number of fused-ring (bicyclic) bond motifs is 8. The first-order chi connectivity index (χ1) is 15.4. The Morgan fingerprint density at radius 1 is 1.09 bits per heavy atom. The molecule has 1 saturated carbocycles. The van der Waals surface area contributed by atoms with Crippen LogP contribution in [0.25, 0.3) is 11.3 Å². The fourth-order valence-electron chi connectivity index (χ4n) is 5.09. The molecule has 4 N–H and O–H groups in total. The van der Waals surface area contributed by atoms with Gasteiger partial charge >= 0.3 is 0 Å². The van der Waals surface area contributed by atoms with E-state index in [0.717, 1.165) is 37.0 Å². The van der Waals surface area contributed by atoms with Crippen LogP contribution in [0.3, 0.4) is 0 Å². The van der Waals surface area contributed by atoms with Gasteiger partial charge in [0.1, 0.15) is 28.8 Å². The number of nitrogens with one attached hydrogen (secondary N) is 1. The fourth-order valence-corrected chi connectivity index (χ4v) is 5.09. The molecule has 3 unspecified atom stereocenters. The molecule has 3 atom stereocenters. The van der Waals surface area contributed by atoms with Crippen LogP contribution in [0.2, 0.25) is 0 Å². The van der Waals surface area contributed by atoms with Crippen LogP contribution in [-0.4, -0.2) is 27.0 Å². The molecule has 0 spiro atoms. The van der Waals surface area contributed by atoms with E-state index in [1.165, 1.54) is 12.1 Å². The average molecular weight is 436 g/mol. The van der Waals surface area contributed by atoms with E-state index in [9.17, 15) is 14.3 Å². The number of phenolic OH excluding ortho intramolecular Hbond substituents is 1. The van der Waals surface area contributed by atoms with Crippen molar-refractivity contribution in [1.29, 1.82) is 0 Å². The van der Waals surface area contributed by atoms with E-state index in [4.69, 9.17) is 5.73 Å². The van der Waals surface area contributed by atoms with Gasteiger partial charge in [-0.2, -0.15) is 0 Å². The second kappa shape index (κ2) is 7.94. The number of nitrogens with zero attached hydrogens (tertiary/aromatic N) is 2. The Morgan fingerprint density at radius 2 is 1.94 bits per heavy atom. The number of phenols is 1. The van der Waals surface area contributed by atoms with E-state index < -0.39 is 17.5 Å². The Morgan fingerprint density at radius 3 is 2.78 bits per heavy atom. The first-order valence-corrected chi connectivity index (χ1v) is 10.6. The number of carbonyl (C=O) groups excluding carboxylic acids is 1. The van der Waals surface area contributed by atoms with Gasteiger partial charge in [-0.25, -0.2) is 13.8 Å². The third-order valence-corrected chi connectivity index (χ3v) is 6.36. The van der Waals surface area contributed by atoms with Gasteiger partial charge in [0, 0.05) is 23.9 Å². The number of aromatic nitrogens is 2. The molecule has 6 nitrogen and oxygen atoms in total. The minimum absolute atomic E-state index is 0.0379. The van der Waals surface area contributed by atoms with Crippen molar-refractivity contribution in [3.63, 3.8) is 0 Å². The zero-order chi connectivity index (χ0) is 22.4. The number of nitrogens with two attached hydrogens (primary N) is 1. The van der Waals surface area contributed by atoms with Crippen molar-refractivity contribution in [2.24, 2.45) is 11.7 Å². The lowest BCUT2D eigenvalue weighted by Gasteiger charge is -2.34. The number of anilines is 1. The summed E-state index contributed by atoms with van der Waals surface area (Å²) in [5, 5.41) is 12.9. The summed E-state index contributed by atoms with van der Waals surface area (Å²) in [6.45, 7) is 0. The standard InChI is InChI=1S/C24H22F2N4O2/c25-18-1-2-20-24(32)30-21-11-28-4-3-17(21)13-5-12(7-15(27)8-13)6-14-9-16(31)10-19(26)22(14)23(18)29-20/h1-4,9-13,15,31H,5-8,27H2,(H,30,32). The maximum atomic E-state index is 15.0. The highest BCUT2D eigenvalue weighted by molar-refractivity contribution is 6.03. The summed E-state index contributed by atoms with van der Waals surface area (Å²) < 4.78 is 29.8. The highest BCUT2D eigenvalue weighted by atomic mass is 19.1. The third-order valence-electron chi connectivity index (χ3n) is 6.36. The van der Waals surface area contributed by atoms with Gasteiger partial charge in [0.05, 0.1) is 11.9 Å². The summed E-state index contributed by atoms with van der Waals surface area (Å²) in [6, 6.07) is 6.53. The van der Waals surface area contributed by atoms with E-state index in [0.29, 0.717) is 17.7 Å². The highest BCUT2D eigenvalue weighted by Gasteiger charge is 2.32. The Hall–Kier alpha value is -3.39. The molecule has 3 heterocycles. The lowest BCUT2D eigenvalue weighted by Crippen LogP contribution is -2.33. The molecular formula is C24H22F2N4O2. The molecule has 164 valence electrons. The molecule has 2 aromatic heterocycles. The number of benzene rings is 1. The minimum Gasteiger partial charge on any atom is -0.508 e. The van der Waals surface area contributed by atoms with Gasteiger partial charge in [-0.15, -0.1) is 0 Å². The summed E-state index contributed by atoms with van der Waals surface area (Å²) in [5.41, 5.74) is 7.97. The van der Waals surface area contributed by atoms with Crippen molar-refractivity contribution in [1.82, 2.24) is 9.97 Å². The quantitative estimate of drug-likeness (QED) is 0.492. The molecule has 0 radical (unpaired) electrons. The number of hydrogen-bond acceptors (Lipinski definition) is 5. The second-order valence-corrected chi connectivity index (χ2v) is 8.64. The summed E-state index contributed by atoms with van der Waals surface area (Å²) in [4.78, 5) is 21.3. The number of halogens is 2. The summed E-state index contributed by atoms with van der Waals surface area (Å²) in [6.07, 6.45) is 5.87. The number of rotatable bonds is 0. The van der Waals surface area contributed by atoms with Crippen LogP contribution in [-0.2, 0) is 6.42 Å². The lowest BCUT2D eigenvalue weighted by molar-refractivity contribution is 0.102. The largest absolute Gasteiger partial charge is 0.508 e. The first-order valence-electron chi connectivity index (χ1n) is 10.6. The molecule has 2 aliphatic rings. The Bertz CT molecular complexity index is 1220. The zero-order valence-corrected chi connectivity index (χ0v) is 17.2. The Labute approximate surface area is 183 Å². The van der Waals surface area contributed by atoms with Crippen LogP contribution in [0.1, 0.15) is 46.8 Å². The monoisotopic (exact) mass is 436 g/mol. The van der Waals surface area contributed by atoms with Gasteiger partial charge in [0.25, 0.3) is 5.91 Å². The number of amides is 1. The summed E-state index contributed by atoms with van der Waals surface area (Å²) in [7, 11) is 0. The van der Waals surface area contributed by atoms with E-state index >= 15 is 4.39 Å². The van der Waals surface area contributed by atoms with Gasteiger partial charge in [-0.1, -0.05) is 0 Å². The van der Waals surface area contributed by atoms with Crippen LogP contribution in [0, 0.1) is 17.6 Å². The molecule has 1 aromatic carbocycles. The molecule has 8 heteroatoms. The Kier molecular flexibility index (Phi) is 5.09. The van der Waals surface area contributed by atoms with E-state index in [2.05, 4.69) is 15.3 Å². The van der Waals surface area contributed by atoms with Gasteiger partial charge in [0.2, 0.25) is 0 Å². The summed E-state index contributed by atoms with van der Waals surface area (Å²) >= 11 is 0. The molecular weight excluding hydrogens is 414 g/mol. The molecule has 5 rings (SSSR count). The van der Waals surface area contributed by atoms with E-state index in [-0.39, 0.29) is 40.6 Å². The SMILES string of the molecule is NC1CC2Cc3cc(O)cc(F)c3-c3nc(ccc3F)C(=O)Nc3cnccc3C(C1)C2. The maximum absolute atomic E-state index is 15.0. The van der Waals surface area contributed by atoms with Crippen molar-refractivity contribution in [2.75, 3.05) is 5.32 Å². The topological polar surface area (TPSA) is 101 Å². The van der Waals surface area contributed by atoms with Crippen LogP contribution < -0.4 is 11.1 Å². The molecule has 1 amide bonds. The predicted molar refractivity (Wildman–Crippen MR) is 115 cm³/mol. The van der Waals surface area contributed by atoms with Crippen molar-refractivity contribution in [2.45, 2.75) is 37.6 Å². The molecule has 32 heavy (non-hydrogen) atoms. The third kappa shape index (κ3) is 3.71. The Balaban J connectivity index is 1.73. The minimum atomic E-state index is -0.789. The van der Waals surface area contributed by atoms with Crippen LogP contribution in [0.4, 0.5) is 14.5 Å². The molecule has 4 bridgehead atoms. The smallest absolute Gasteiger partial charge is 0.274 e. The zero-order valence-electron chi connectivity index (χ0n) is 17.2. The number of carbonyl (C=O) groups is 1. The average Bonchev–Trinajstić information content (AvgIpc) is 2.74. The molecule has 0 saturated heterocycles. The van der Waals surface area contributed by atoms with E-state index in [1.807, 2.05) is 6.07 Å². The van der Waals surface area contributed by atoms with Crippen molar-refractivity contribution >= 4 is 11.6 Å². The maximum Gasteiger partial charge on any atom is 0.274 e. The van der Waals surface area contributed by atoms with Crippen molar-refractivity contribution in [3.05, 3.63) is 71.2 Å². The van der Waals surface area contributed by atoms with Crippen molar-refractivity contribution < 1.29 is 18.7 Å². The number of hydrogen-bond donors (Lipinski definition) is 3. The predicted octanol–water partition coefficient (Wildman–Crippen LogP) is 4.15. The fraction of sp³-hybridized carbons (Fsp3) is 0.292. The molecule has 1 aliphatic heterocycles. The van der Waals surface area contributed by atoms with Crippen LogP contribution in [0.15, 0.2) is 42.7 Å². The van der Waals surface area contributed by atoms with Gasteiger partial charge < -0.3 is 16.2 Å². The van der Waals surface area contributed by atoms with E-state index in [1.54, 1.807) is 12.4 Å². The van der Waals surface area contributed by atoms with Gasteiger partial charge in [-0.05, 0) is 72.9 Å². The summed E-state index contributed by atoms with van der Waals surface area (Å²) in [5.74, 6) is -2.18. The van der Waals surface area contributed by atoms with Crippen LogP contribution >= 0.6 is 0 Å². The van der Waals surface area contributed by atoms with Gasteiger partial charge in [-0.3, -0.25) is 9.78 Å². The normalized spacial score (nSPS) is 22.5. The number of pyridine rings is 2. The lowest BCUT2D eigenvalue weighted by atomic mass is 9.73. The van der Waals surface area contributed by atoms with Crippen LogP contribution in [0.5, 0.6) is 5.75 Å².